The van der Waals surface area contributed by atoms with Crippen molar-refractivity contribution >= 4 is 44.8 Å². The number of fused-ring (bicyclic) bond motifs is 1. The first-order valence-electron chi connectivity index (χ1n) is 9.31. The van der Waals surface area contributed by atoms with E-state index in [-0.39, 0.29) is 33.2 Å². The Kier molecular flexibility index (Phi) is 5.65. The predicted molar refractivity (Wildman–Crippen MR) is 121 cm³/mol. The number of carbonyl (C=O) groups is 2. The fourth-order valence-electron chi connectivity index (χ4n) is 3.17. The van der Waals surface area contributed by atoms with Gasteiger partial charge in [-0.2, -0.15) is 12.8 Å². The van der Waals surface area contributed by atoms with Gasteiger partial charge in [-0.1, -0.05) is 41.9 Å². The number of aromatic carboxylic acids is 1. The first-order valence-corrected chi connectivity index (χ1v) is 11.1. The number of carboxylic acid groups (broad SMARTS) is 1. The Labute approximate surface area is 188 Å². The molecule has 3 aromatic rings. The zero-order chi connectivity index (χ0) is 22.9. The number of rotatable bonds is 5. The molecule has 160 valence electrons. The van der Waals surface area contributed by atoms with Crippen LogP contribution in [0.1, 0.15) is 26.3 Å². The lowest BCUT2D eigenvalue weighted by Crippen LogP contribution is -2.22. The number of Topliss-reactive ketones (excluding diaryl/α,β-unsaturated/α-hetero) is 1. The summed E-state index contributed by atoms with van der Waals surface area (Å²) < 4.78 is 29.7. The van der Waals surface area contributed by atoms with Crippen LogP contribution < -0.4 is 5.32 Å². The van der Waals surface area contributed by atoms with Crippen LogP contribution in [0.15, 0.2) is 93.9 Å². The number of sulfonamides is 1. The topological polar surface area (TPSA) is 113 Å². The molecule has 2 N–H and O–H groups in total. The van der Waals surface area contributed by atoms with Gasteiger partial charge in [-0.15, -0.1) is 0 Å². The molecule has 0 amide bonds. The van der Waals surface area contributed by atoms with Crippen LogP contribution in [0, 0.1) is 0 Å². The molecule has 0 aromatic heterocycles. The summed E-state index contributed by atoms with van der Waals surface area (Å²) in [4.78, 5) is 24.2. The average molecular weight is 467 g/mol. The molecule has 1 aliphatic rings. The van der Waals surface area contributed by atoms with Crippen molar-refractivity contribution in [2.24, 2.45) is 4.40 Å². The largest absolute Gasteiger partial charge is 0.478 e. The van der Waals surface area contributed by atoms with E-state index in [9.17, 15) is 23.1 Å². The second kappa shape index (κ2) is 8.41. The lowest BCUT2D eigenvalue weighted by Gasteiger charge is -2.19. The van der Waals surface area contributed by atoms with E-state index in [0.29, 0.717) is 16.3 Å². The SMILES string of the molecule is O=C(O)c1cccc(NC2=C/C(=N\S(=O)(=O)c3ccc(Cl)cc3)c3ccccc3C2=O)c1. The van der Waals surface area contributed by atoms with Crippen LogP contribution in [0.5, 0.6) is 0 Å². The van der Waals surface area contributed by atoms with Crippen LogP contribution in [0.2, 0.25) is 5.02 Å². The molecule has 3 aromatic carbocycles. The van der Waals surface area contributed by atoms with Crippen molar-refractivity contribution in [1.29, 1.82) is 0 Å². The molecule has 32 heavy (non-hydrogen) atoms. The number of hydrogen-bond donors (Lipinski definition) is 2. The quantitative estimate of drug-likeness (QED) is 0.576. The number of halogens is 1. The fourth-order valence-corrected chi connectivity index (χ4v) is 4.29. The molecule has 0 saturated heterocycles. The second-order valence-electron chi connectivity index (χ2n) is 6.85. The fraction of sp³-hybridized carbons (Fsp3) is 0. The molecule has 0 bridgehead atoms. The average Bonchev–Trinajstić information content (AvgIpc) is 2.77. The minimum Gasteiger partial charge on any atom is -0.478 e. The summed E-state index contributed by atoms with van der Waals surface area (Å²) in [5.41, 5.74) is 1.20. The molecule has 4 rings (SSSR count). The number of anilines is 1. The van der Waals surface area contributed by atoms with E-state index in [2.05, 4.69) is 9.71 Å². The molecule has 7 nitrogen and oxygen atoms in total. The summed E-state index contributed by atoms with van der Waals surface area (Å²) in [6.45, 7) is 0. The summed E-state index contributed by atoms with van der Waals surface area (Å²) >= 11 is 5.84. The molecule has 9 heteroatoms. The highest BCUT2D eigenvalue weighted by molar-refractivity contribution is 7.90. The molecule has 0 fully saturated rings. The Morgan fingerprint density at radius 2 is 1.62 bits per heavy atom. The lowest BCUT2D eigenvalue weighted by molar-refractivity contribution is 0.0696. The molecule has 0 unspecified atom stereocenters. The van der Waals surface area contributed by atoms with Gasteiger partial charge in [-0.25, -0.2) is 4.79 Å². The van der Waals surface area contributed by atoms with Gasteiger partial charge < -0.3 is 10.4 Å². The van der Waals surface area contributed by atoms with E-state index < -0.39 is 16.0 Å². The summed E-state index contributed by atoms with van der Waals surface area (Å²) in [6.07, 6.45) is 1.34. The summed E-state index contributed by atoms with van der Waals surface area (Å²) in [5.74, 6) is -1.48. The van der Waals surface area contributed by atoms with E-state index in [1.807, 2.05) is 0 Å². The van der Waals surface area contributed by atoms with Gasteiger partial charge in [0.05, 0.1) is 21.9 Å². The number of hydrogen-bond acceptors (Lipinski definition) is 5. The molecule has 0 saturated carbocycles. The van der Waals surface area contributed by atoms with Crippen LogP contribution in [-0.2, 0) is 10.0 Å². The first kappa shape index (κ1) is 21.5. The first-order chi connectivity index (χ1) is 15.2. The molecular formula is C23H15ClN2O5S. The minimum absolute atomic E-state index is 0.0402. The van der Waals surface area contributed by atoms with Gasteiger partial charge in [-0.3, -0.25) is 4.79 Å². The van der Waals surface area contributed by atoms with Crippen LogP contribution in [0.25, 0.3) is 0 Å². The lowest BCUT2D eigenvalue weighted by atomic mass is 9.92. The number of nitrogens with zero attached hydrogens (tertiary/aromatic N) is 1. The Hall–Kier alpha value is -3.75. The number of ketones is 1. The number of benzene rings is 3. The summed E-state index contributed by atoms with van der Waals surface area (Å²) in [6, 6.07) is 18.1. The van der Waals surface area contributed by atoms with Gasteiger partial charge in [0.15, 0.2) is 0 Å². The third-order valence-electron chi connectivity index (χ3n) is 4.69. The highest BCUT2D eigenvalue weighted by atomic mass is 35.5. The normalized spacial score (nSPS) is 14.6. The van der Waals surface area contributed by atoms with Gasteiger partial charge >= 0.3 is 5.97 Å². The Bertz CT molecular complexity index is 1410. The van der Waals surface area contributed by atoms with E-state index in [1.165, 1.54) is 48.5 Å². The number of allylic oxidation sites excluding steroid dienone is 2. The van der Waals surface area contributed by atoms with Crippen molar-refractivity contribution in [2.75, 3.05) is 5.32 Å². The maximum Gasteiger partial charge on any atom is 0.335 e. The third-order valence-corrected chi connectivity index (χ3v) is 6.25. The van der Waals surface area contributed by atoms with Crippen LogP contribution in [-0.4, -0.2) is 31.0 Å². The monoisotopic (exact) mass is 466 g/mol. The number of carboxylic acids is 1. The van der Waals surface area contributed by atoms with Crippen molar-refractivity contribution in [3.05, 3.63) is 106 Å². The molecule has 0 radical (unpaired) electrons. The molecular weight excluding hydrogens is 452 g/mol. The maximum atomic E-state index is 13.0. The van der Waals surface area contributed by atoms with Crippen molar-refractivity contribution in [1.82, 2.24) is 0 Å². The zero-order valence-corrected chi connectivity index (χ0v) is 17.9. The highest BCUT2D eigenvalue weighted by Gasteiger charge is 2.26. The number of carbonyl (C=O) groups excluding carboxylic acids is 1. The van der Waals surface area contributed by atoms with Crippen LogP contribution >= 0.6 is 11.6 Å². The van der Waals surface area contributed by atoms with Crippen molar-refractivity contribution in [2.45, 2.75) is 4.90 Å². The summed E-state index contributed by atoms with van der Waals surface area (Å²) in [5, 5.41) is 12.5. The van der Waals surface area contributed by atoms with Crippen LogP contribution in [0.4, 0.5) is 5.69 Å². The molecule has 0 heterocycles. The summed E-state index contributed by atoms with van der Waals surface area (Å²) in [7, 11) is -4.08. The van der Waals surface area contributed by atoms with E-state index >= 15 is 0 Å². The highest BCUT2D eigenvalue weighted by Crippen LogP contribution is 2.26. The smallest absolute Gasteiger partial charge is 0.335 e. The minimum atomic E-state index is -4.08. The van der Waals surface area contributed by atoms with Crippen molar-refractivity contribution in [3.8, 4) is 0 Å². The van der Waals surface area contributed by atoms with Gasteiger partial charge in [0, 0.05) is 21.8 Å². The van der Waals surface area contributed by atoms with Gasteiger partial charge in [0.1, 0.15) is 0 Å². The Morgan fingerprint density at radius 1 is 0.938 bits per heavy atom. The van der Waals surface area contributed by atoms with Gasteiger partial charge in [0.25, 0.3) is 10.0 Å². The predicted octanol–water partition coefficient (Wildman–Crippen LogP) is 4.41. The molecule has 1 aliphatic carbocycles. The van der Waals surface area contributed by atoms with Gasteiger partial charge in [-0.05, 0) is 48.5 Å². The van der Waals surface area contributed by atoms with E-state index in [4.69, 9.17) is 11.6 Å². The third kappa shape index (κ3) is 4.32. The Morgan fingerprint density at radius 3 is 2.31 bits per heavy atom. The standard InChI is InChI=1S/C23H15ClN2O5S/c24-15-8-10-17(11-9-15)32(30,31)26-20-13-21(22(27)19-7-2-1-6-18(19)20)25-16-5-3-4-14(12-16)23(28)29/h1-13,25H,(H,28,29)/b26-20+. The van der Waals surface area contributed by atoms with Crippen molar-refractivity contribution in [3.63, 3.8) is 0 Å². The van der Waals surface area contributed by atoms with E-state index in [0.717, 1.165) is 0 Å². The van der Waals surface area contributed by atoms with Crippen LogP contribution in [0.3, 0.4) is 0 Å². The van der Waals surface area contributed by atoms with Gasteiger partial charge in [0.2, 0.25) is 5.78 Å². The number of nitrogens with one attached hydrogen (secondary N) is 1. The van der Waals surface area contributed by atoms with E-state index in [1.54, 1.807) is 30.3 Å². The zero-order valence-electron chi connectivity index (χ0n) is 16.3. The molecule has 0 atom stereocenters. The maximum absolute atomic E-state index is 13.0. The molecule has 0 spiro atoms. The Balaban J connectivity index is 1.80. The molecule has 0 aliphatic heterocycles. The van der Waals surface area contributed by atoms with Crippen molar-refractivity contribution < 1.29 is 23.1 Å². The second-order valence-corrected chi connectivity index (χ2v) is 8.89.